The van der Waals surface area contributed by atoms with Crippen molar-refractivity contribution in [3.05, 3.63) is 10.4 Å². The Hall–Kier alpha value is -0.650. The van der Waals surface area contributed by atoms with Crippen molar-refractivity contribution in [3.63, 3.8) is 0 Å². The van der Waals surface area contributed by atoms with Crippen molar-refractivity contribution < 1.29 is 0 Å². The molecule has 0 saturated carbocycles. The summed E-state index contributed by atoms with van der Waals surface area (Å²) >= 11 is 11.7. The molecule has 1 saturated heterocycles. The van der Waals surface area contributed by atoms with Crippen molar-refractivity contribution in [1.82, 2.24) is 20.1 Å². The third kappa shape index (κ3) is 3.18. The van der Waals surface area contributed by atoms with E-state index >= 15 is 0 Å². The summed E-state index contributed by atoms with van der Waals surface area (Å²) in [6.07, 6.45) is 1.20. The molecule has 1 aliphatic heterocycles. The van der Waals surface area contributed by atoms with E-state index in [4.69, 9.17) is 23.2 Å². The van der Waals surface area contributed by atoms with Gasteiger partial charge in [0, 0.05) is 20.1 Å². The van der Waals surface area contributed by atoms with Crippen LogP contribution in [-0.2, 0) is 0 Å². The Labute approximate surface area is 111 Å². The molecule has 0 spiro atoms. The van der Waals surface area contributed by atoms with E-state index in [0.717, 1.165) is 19.6 Å². The largest absolute Gasteiger partial charge is 0.357 e. The van der Waals surface area contributed by atoms with Crippen molar-refractivity contribution in [2.45, 2.75) is 6.42 Å². The lowest BCUT2D eigenvalue weighted by molar-refractivity contribution is 0.395. The van der Waals surface area contributed by atoms with Gasteiger partial charge in [0.25, 0.3) is 0 Å². The number of likely N-dealkylation sites (tertiary alicyclic amines) is 1. The molecule has 94 valence electrons. The van der Waals surface area contributed by atoms with Crippen molar-refractivity contribution in [2.75, 3.05) is 38.6 Å². The molecule has 1 aliphatic rings. The minimum absolute atomic E-state index is 0.125. The standard InChI is InChI=1S/C10H15Cl2N5/c1-16-4-3-7(5-16)6-17(2)9-8(11)14-15-10(12)13-9/h7H,3-6H2,1-2H3. The first-order chi connectivity index (χ1) is 8.06. The number of hydrogen-bond acceptors (Lipinski definition) is 5. The summed E-state index contributed by atoms with van der Waals surface area (Å²) in [6, 6.07) is 0. The van der Waals surface area contributed by atoms with Crippen LogP contribution in [0.5, 0.6) is 0 Å². The molecule has 0 amide bonds. The van der Waals surface area contributed by atoms with Crippen LogP contribution in [0.25, 0.3) is 0 Å². The van der Waals surface area contributed by atoms with Crippen molar-refractivity contribution >= 4 is 29.0 Å². The van der Waals surface area contributed by atoms with Gasteiger partial charge in [-0.1, -0.05) is 11.6 Å². The van der Waals surface area contributed by atoms with Crippen LogP contribution in [0, 0.1) is 5.92 Å². The predicted molar refractivity (Wildman–Crippen MR) is 68.7 cm³/mol. The summed E-state index contributed by atoms with van der Waals surface area (Å²) in [5.74, 6) is 1.23. The van der Waals surface area contributed by atoms with Gasteiger partial charge >= 0.3 is 0 Å². The van der Waals surface area contributed by atoms with Crippen molar-refractivity contribution in [2.24, 2.45) is 5.92 Å². The highest BCUT2D eigenvalue weighted by molar-refractivity contribution is 6.32. The second-order valence-corrected chi connectivity index (χ2v) is 5.19. The Kier molecular flexibility index (Phi) is 4.01. The molecular weight excluding hydrogens is 261 g/mol. The Balaban J connectivity index is 2.04. The van der Waals surface area contributed by atoms with Crippen LogP contribution in [0.2, 0.25) is 10.4 Å². The average molecular weight is 276 g/mol. The number of halogens is 2. The van der Waals surface area contributed by atoms with Gasteiger partial charge in [0.2, 0.25) is 5.28 Å². The number of aromatic nitrogens is 3. The SMILES string of the molecule is CN1CCC(CN(C)c2nc(Cl)nnc2Cl)C1. The van der Waals surface area contributed by atoms with Crippen LogP contribution in [-0.4, -0.2) is 53.8 Å². The maximum Gasteiger partial charge on any atom is 0.245 e. The van der Waals surface area contributed by atoms with Gasteiger partial charge in [-0.3, -0.25) is 0 Å². The van der Waals surface area contributed by atoms with Crippen LogP contribution >= 0.6 is 23.2 Å². The van der Waals surface area contributed by atoms with Gasteiger partial charge in [-0.25, -0.2) is 0 Å². The van der Waals surface area contributed by atoms with Crippen molar-refractivity contribution in [1.29, 1.82) is 0 Å². The average Bonchev–Trinajstić information content (AvgIpc) is 2.67. The van der Waals surface area contributed by atoms with Crippen LogP contribution in [0.1, 0.15) is 6.42 Å². The fraction of sp³-hybridized carbons (Fsp3) is 0.700. The Morgan fingerprint density at radius 2 is 2.18 bits per heavy atom. The topological polar surface area (TPSA) is 45.2 Å². The van der Waals surface area contributed by atoms with Crippen molar-refractivity contribution in [3.8, 4) is 0 Å². The molecular formula is C10H15Cl2N5. The van der Waals surface area contributed by atoms with Gasteiger partial charge in [0.05, 0.1) is 0 Å². The smallest absolute Gasteiger partial charge is 0.245 e. The molecule has 0 N–H and O–H groups in total. The molecule has 1 fully saturated rings. The second-order valence-electron chi connectivity index (χ2n) is 4.49. The summed E-state index contributed by atoms with van der Waals surface area (Å²) in [7, 11) is 4.08. The van der Waals surface area contributed by atoms with Crippen LogP contribution in [0.15, 0.2) is 0 Å². The lowest BCUT2D eigenvalue weighted by atomic mass is 10.1. The molecule has 17 heavy (non-hydrogen) atoms. The monoisotopic (exact) mass is 275 g/mol. The summed E-state index contributed by atoms with van der Waals surface area (Å²) in [4.78, 5) is 8.42. The second kappa shape index (κ2) is 5.33. The normalized spacial score (nSPS) is 20.8. The summed E-state index contributed by atoms with van der Waals surface area (Å²) < 4.78 is 0. The highest BCUT2D eigenvalue weighted by Crippen LogP contribution is 2.23. The van der Waals surface area contributed by atoms with E-state index in [9.17, 15) is 0 Å². The van der Waals surface area contributed by atoms with Gasteiger partial charge < -0.3 is 9.80 Å². The molecule has 1 aromatic heterocycles. The zero-order valence-corrected chi connectivity index (χ0v) is 11.4. The van der Waals surface area contributed by atoms with Crippen LogP contribution < -0.4 is 4.90 Å². The minimum Gasteiger partial charge on any atom is -0.357 e. The first-order valence-corrected chi connectivity index (χ1v) is 6.27. The lowest BCUT2D eigenvalue weighted by Gasteiger charge is -2.22. The van der Waals surface area contributed by atoms with E-state index in [1.165, 1.54) is 6.42 Å². The molecule has 0 aromatic carbocycles. The minimum atomic E-state index is 0.125. The maximum atomic E-state index is 5.96. The molecule has 0 bridgehead atoms. The van der Waals surface area contributed by atoms with E-state index < -0.39 is 0 Å². The number of rotatable bonds is 3. The van der Waals surface area contributed by atoms with E-state index in [2.05, 4.69) is 27.1 Å². The zero-order valence-electron chi connectivity index (χ0n) is 9.90. The number of anilines is 1. The number of nitrogens with zero attached hydrogens (tertiary/aromatic N) is 5. The molecule has 5 nitrogen and oxygen atoms in total. The molecule has 7 heteroatoms. The zero-order chi connectivity index (χ0) is 12.4. The third-order valence-corrected chi connectivity index (χ3v) is 3.39. The summed E-state index contributed by atoms with van der Waals surface area (Å²) in [5, 5.41) is 7.78. The van der Waals surface area contributed by atoms with Gasteiger partial charge in [0.1, 0.15) is 0 Å². The third-order valence-electron chi connectivity index (χ3n) is 2.99. The van der Waals surface area contributed by atoms with E-state index in [-0.39, 0.29) is 5.28 Å². The Bertz CT molecular complexity index is 400. The van der Waals surface area contributed by atoms with Crippen LogP contribution in [0.3, 0.4) is 0 Å². The quantitative estimate of drug-likeness (QED) is 0.838. The summed E-state index contributed by atoms with van der Waals surface area (Å²) in [5.41, 5.74) is 0. The summed E-state index contributed by atoms with van der Waals surface area (Å²) in [6.45, 7) is 3.16. The van der Waals surface area contributed by atoms with E-state index in [1.807, 2.05) is 11.9 Å². The Morgan fingerprint density at radius 3 is 2.82 bits per heavy atom. The fourth-order valence-corrected chi connectivity index (χ4v) is 2.52. The molecule has 0 aliphatic carbocycles. The van der Waals surface area contributed by atoms with E-state index in [1.54, 1.807) is 0 Å². The lowest BCUT2D eigenvalue weighted by Crippen LogP contribution is -2.28. The fourth-order valence-electron chi connectivity index (χ4n) is 2.18. The molecule has 2 rings (SSSR count). The highest BCUT2D eigenvalue weighted by Gasteiger charge is 2.22. The van der Waals surface area contributed by atoms with Gasteiger partial charge in [-0.2, -0.15) is 4.98 Å². The first-order valence-electron chi connectivity index (χ1n) is 5.51. The van der Waals surface area contributed by atoms with Gasteiger partial charge in [-0.05, 0) is 37.5 Å². The van der Waals surface area contributed by atoms with Crippen LogP contribution in [0.4, 0.5) is 5.82 Å². The highest BCUT2D eigenvalue weighted by atomic mass is 35.5. The Morgan fingerprint density at radius 1 is 1.41 bits per heavy atom. The van der Waals surface area contributed by atoms with Gasteiger partial charge in [-0.15, -0.1) is 10.2 Å². The predicted octanol–water partition coefficient (Wildman–Crippen LogP) is 1.57. The molecule has 1 unspecified atom stereocenters. The molecule has 1 aromatic rings. The first kappa shape index (κ1) is 12.8. The molecule has 2 heterocycles. The maximum absolute atomic E-state index is 5.96. The molecule has 0 radical (unpaired) electrons. The molecule has 1 atom stereocenters. The van der Waals surface area contributed by atoms with E-state index in [0.29, 0.717) is 16.9 Å². The van der Waals surface area contributed by atoms with Gasteiger partial charge in [0.15, 0.2) is 11.0 Å². The number of hydrogen-bond donors (Lipinski definition) is 0.